The molecule has 0 amide bonds. The van der Waals surface area contributed by atoms with Gasteiger partial charge in [-0.25, -0.2) is 0 Å². The van der Waals surface area contributed by atoms with Gasteiger partial charge >= 0.3 is 0 Å². The van der Waals surface area contributed by atoms with Crippen LogP contribution in [0.5, 0.6) is 0 Å². The lowest BCUT2D eigenvalue weighted by atomic mass is 10.1. The van der Waals surface area contributed by atoms with Crippen LogP contribution in [-0.4, -0.2) is 44.8 Å². The lowest BCUT2D eigenvalue weighted by Gasteiger charge is -2.17. The number of nitrogens with two attached hydrogens (primary N) is 1. The van der Waals surface area contributed by atoms with Crippen LogP contribution >= 0.6 is 0 Å². The first-order valence-electron chi connectivity index (χ1n) is 5.14. The summed E-state index contributed by atoms with van der Waals surface area (Å²) >= 11 is 0. The van der Waals surface area contributed by atoms with Gasteiger partial charge in [-0.15, -0.1) is 0 Å². The zero-order chi connectivity index (χ0) is 12.6. The summed E-state index contributed by atoms with van der Waals surface area (Å²) in [6, 6.07) is 2.67. The van der Waals surface area contributed by atoms with Crippen LogP contribution in [-0.2, 0) is 4.74 Å². The van der Waals surface area contributed by atoms with Gasteiger partial charge in [-0.1, -0.05) is 0 Å². The SMILES string of the molecule is Nc1ccn([C@@H]2O[C@H](CO)[C@@H](O)[C@@H]2O)c(=O)c1. The first-order chi connectivity index (χ1) is 8.04. The lowest BCUT2D eigenvalue weighted by molar-refractivity contribution is -0.0543. The molecule has 94 valence electrons. The summed E-state index contributed by atoms with van der Waals surface area (Å²) in [5.74, 6) is 0. The maximum Gasteiger partial charge on any atom is 0.254 e. The molecule has 1 aliphatic heterocycles. The second kappa shape index (κ2) is 4.46. The molecule has 0 bridgehead atoms. The molecule has 17 heavy (non-hydrogen) atoms. The Morgan fingerprint density at radius 1 is 1.41 bits per heavy atom. The summed E-state index contributed by atoms with van der Waals surface area (Å²) in [5, 5.41) is 28.2. The Morgan fingerprint density at radius 2 is 2.12 bits per heavy atom. The van der Waals surface area contributed by atoms with Crippen molar-refractivity contribution in [2.24, 2.45) is 0 Å². The molecule has 1 aromatic heterocycles. The van der Waals surface area contributed by atoms with Gasteiger partial charge in [-0.05, 0) is 6.07 Å². The van der Waals surface area contributed by atoms with E-state index in [1.54, 1.807) is 0 Å². The fourth-order valence-corrected chi connectivity index (χ4v) is 1.83. The van der Waals surface area contributed by atoms with Crippen molar-refractivity contribution in [2.75, 3.05) is 12.3 Å². The van der Waals surface area contributed by atoms with E-state index in [-0.39, 0.29) is 0 Å². The van der Waals surface area contributed by atoms with Crippen LogP contribution in [0.1, 0.15) is 6.23 Å². The van der Waals surface area contributed by atoms with Crippen molar-refractivity contribution in [3.05, 3.63) is 28.7 Å². The van der Waals surface area contributed by atoms with Gasteiger partial charge in [0.25, 0.3) is 5.56 Å². The third-order valence-electron chi connectivity index (χ3n) is 2.76. The highest BCUT2D eigenvalue weighted by Gasteiger charge is 2.43. The molecule has 0 spiro atoms. The monoisotopic (exact) mass is 242 g/mol. The molecule has 0 saturated carbocycles. The Bertz CT molecular complexity index is 460. The van der Waals surface area contributed by atoms with E-state index in [1.165, 1.54) is 18.3 Å². The van der Waals surface area contributed by atoms with Crippen LogP contribution in [0.15, 0.2) is 23.1 Å². The van der Waals surface area contributed by atoms with Gasteiger partial charge in [0.15, 0.2) is 6.23 Å². The predicted octanol–water partition coefficient (Wildman–Crippen LogP) is -1.96. The van der Waals surface area contributed by atoms with Gasteiger partial charge in [-0.2, -0.15) is 0 Å². The number of aliphatic hydroxyl groups is 3. The van der Waals surface area contributed by atoms with Crippen LogP contribution in [0.4, 0.5) is 5.69 Å². The Morgan fingerprint density at radius 3 is 2.65 bits per heavy atom. The second-order valence-electron chi connectivity index (χ2n) is 3.93. The van der Waals surface area contributed by atoms with Crippen molar-refractivity contribution < 1.29 is 20.1 Å². The van der Waals surface area contributed by atoms with Crippen molar-refractivity contribution in [3.8, 4) is 0 Å². The average Bonchev–Trinajstić information content (AvgIpc) is 2.57. The standard InChI is InChI=1S/C10H14N2O5/c11-5-1-2-12(7(14)3-5)10-9(16)8(15)6(4-13)17-10/h1-3,6,8-10,13,15-16H,4,11H2/t6-,8-,9+,10-/m1/s1. The normalized spacial score (nSPS) is 32.9. The number of ether oxygens (including phenoxy) is 1. The zero-order valence-corrected chi connectivity index (χ0v) is 8.93. The van der Waals surface area contributed by atoms with Crippen LogP contribution in [0, 0.1) is 0 Å². The number of aromatic nitrogens is 1. The molecule has 4 atom stereocenters. The maximum atomic E-state index is 11.6. The summed E-state index contributed by atoms with van der Waals surface area (Å²) in [7, 11) is 0. The molecule has 5 N–H and O–H groups in total. The third kappa shape index (κ3) is 2.05. The van der Waals surface area contributed by atoms with Crippen LogP contribution < -0.4 is 11.3 Å². The van der Waals surface area contributed by atoms with Gasteiger partial charge < -0.3 is 25.8 Å². The van der Waals surface area contributed by atoms with Crippen LogP contribution in [0.2, 0.25) is 0 Å². The summed E-state index contributed by atoms with van der Waals surface area (Å²) in [6.07, 6.45) is -3.05. The van der Waals surface area contributed by atoms with Gasteiger partial charge in [-0.3, -0.25) is 9.36 Å². The fraction of sp³-hybridized carbons (Fsp3) is 0.500. The van der Waals surface area contributed by atoms with Gasteiger partial charge in [0.05, 0.1) is 6.61 Å². The number of anilines is 1. The van der Waals surface area contributed by atoms with Crippen molar-refractivity contribution in [1.29, 1.82) is 0 Å². The molecule has 0 unspecified atom stereocenters. The minimum atomic E-state index is -1.27. The molecular formula is C10H14N2O5. The summed E-state index contributed by atoms with van der Waals surface area (Å²) in [6.45, 7) is -0.432. The molecule has 7 nitrogen and oxygen atoms in total. The Kier molecular flexibility index (Phi) is 3.16. The molecule has 0 aliphatic carbocycles. The van der Waals surface area contributed by atoms with Crippen molar-refractivity contribution >= 4 is 5.69 Å². The van der Waals surface area contributed by atoms with Crippen molar-refractivity contribution in [3.63, 3.8) is 0 Å². The fourth-order valence-electron chi connectivity index (χ4n) is 1.83. The largest absolute Gasteiger partial charge is 0.399 e. The summed E-state index contributed by atoms with van der Waals surface area (Å²) < 4.78 is 6.34. The van der Waals surface area contributed by atoms with E-state index in [1.807, 2.05) is 0 Å². The van der Waals surface area contributed by atoms with Gasteiger partial charge in [0.1, 0.15) is 18.3 Å². The molecule has 2 heterocycles. The van der Waals surface area contributed by atoms with E-state index in [4.69, 9.17) is 15.6 Å². The molecule has 1 fully saturated rings. The number of hydrogen-bond acceptors (Lipinski definition) is 6. The highest BCUT2D eigenvalue weighted by atomic mass is 16.6. The summed E-state index contributed by atoms with van der Waals surface area (Å²) in [4.78, 5) is 11.6. The second-order valence-corrected chi connectivity index (χ2v) is 3.93. The van der Waals surface area contributed by atoms with E-state index in [9.17, 15) is 15.0 Å². The summed E-state index contributed by atoms with van der Waals surface area (Å²) in [5.41, 5.74) is 5.29. The van der Waals surface area contributed by atoms with E-state index in [2.05, 4.69) is 0 Å². The minimum absolute atomic E-state index is 0.304. The number of nitrogens with zero attached hydrogens (tertiary/aromatic N) is 1. The molecule has 1 saturated heterocycles. The van der Waals surface area contributed by atoms with Gasteiger partial charge in [0, 0.05) is 18.0 Å². The van der Waals surface area contributed by atoms with Crippen molar-refractivity contribution in [1.82, 2.24) is 4.57 Å². The van der Waals surface area contributed by atoms with E-state index >= 15 is 0 Å². The molecule has 0 aromatic carbocycles. The Balaban J connectivity index is 2.32. The third-order valence-corrected chi connectivity index (χ3v) is 2.76. The van der Waals surface area contributed by atoms with Crippen LogP contribution in [0.3, 0.4) is 0 Å². The predicted molar refractivity (Wildman–Crippen MR) is 58.1 cm³/mol. The zero-order valence-electron chi connectivity index (χ0n) is 8.93. The molecule has 2 rings (SSSR count). The van der Waals surface area contributed by atoms with Crippen LogP contribution in [0.25, 0.3) is 0 Å². The number of nitrogen functional groups attached to an aromatic ring is 1. The number of hydrogen-bond donors (Lipinski definition) is 4. The number of aliphatic hydroxyl groups excluding tert-OH is 3. The van der Waals surface area contributed by atoms with E-state index in [0.29, 0.717) is 5.69 Å². The Hall–Kier alpha value is -1.41. The topological polar surface area (TPSA) is 118 Å². The van der Waals surface area contributed by atoms with Gasteiger partial charge in [0.2, 0.25) is 0 Å². The number of pyridine rings is 1. The molecule has 0 radical (unpaired) electrons. The average molecular weight is 242 g/mol. The Labute approximate surface area is 96.7 Å². The first-order valence-corrected chi connectivity index (χ1v) is 5.14. The lowest BCUT2D eigenvalue weighted by Crippen LogP contribution is -2.35. The maximum absolute atomic E-state index is 11.6. The highest BCUT2D eigenvalue weighted by Crippen LogP contribution is 2.28. The van der Waals surface area contributed by atoms with E-state index in [0.717, 1.165) is 4.57 Å². The van der Waals surface area contributed by atoms with E-state index < -0.39 is 36.7 Å². The molecular weight excluding hydrogens is 228 g/mol. The first kappa shape index (κ1) is 12.1. The van der Waals surface area contributed by atoms with Crippen molar-refractivity contribution in [2.45, 2.75) is 24.5 Å². The number of rotatable bonds is 2. The molecule has 1 aliphatic rings. The molecule has 7 heteroatoms. The minimum Gasteiger partial charge on any atom is -0.399 e. The quantitative estimate of drug-likeness (QED) is 0.478. The smallest absolute Gasteiger partial charge is 0.254 e. The molecule has 1 aromatic rings. The highest BCUT2D eigenvalue weighted by molar-refractivity contribution is 5.34.